The summed E-state index contributed by atoms with van der Waals surface area (Å²) in [6.45, 7) is 8.37. The van der Waals surface area contributed by atoms with E-state index in [2.05, 4.69) is 5.32 Å². The number of rotatable bonds is 26. The van der Waals surface area contributed by atoms with Crippen LogP contribution in [0, 0.1) is 5.92 Å². The Bertz CT molecular complexity index is 2230. The lowest BCUT2D eigenvalue weighted by atomic mass is 9.99. The molecule has 4 rings (SSSR count). The van der Waals surface area contributed by atoms with Gasteiger partial charge in [-0.2, -0.15) is 0 Å². The molecule has 0 bridgehead atoms. The second-order valence-electron chi connectivity index (χ2n) is 18.5. The standard InChI is InChI=1S/C54H72N4O13/c1-9-10-28-41(55-6)51(64)70-45(33-39-24-16-12-17-25-39)48(60)57(8)44(32-38-22-14-11-15-23-38)53(66)68-36(4)47(59)56(7)43(31-35(2)3)54(67)71-46(34-40-26-18-13-19-27-40)49(61)58-30-21-20-29-42(58)52(65)69-37(5)50(62)63/h11-19,22-27,35-37,41-46,55H,9-10,20-21,28-34H2,1-8H3,(H,62,63)/t36-,37-,41+,42+,43+,44+,45-,46-/m1/s1. The van der Waals surface area contributed by atoms with Crippen molar-refractivity contribution in [3.05, 3.63) is 108 Å². The van der Waals surface area contributed by atoms with Crippen LogP contribution in [0.15, 0.2) is 91.0 Å². The van der Waals surface area contributed by atoms with Crippen molar-refractivity contribution in [1.29, 1.82) is 0 Å². The van der Waals surface area contributed by atoms with E-state index in [1.54, 1.807) is 92.0 Å². The molecular formula is C54H72N4O13. The lowest BCUT2D eigenvalue weighted by molar-refractivity contribution is -0.175. The molecule has 0 unspecified atom stereocenters. The fourth-order valence-corrected chi connectivity index (χ4v) is 8.37. The Morgan fingerprint density at radius 2 is 1.15 bits per heavy atom. The van der Waals surface area contributed by atoms with Crippen LogP contribution in [0.1, 0.15) is 96.3 Å². The van der Waals surface area contributed by atoms with E-state index in [4.69, 9.17) is 18.9 Å². The van der Waals surface area contributed by atoms with Gasteiger partial charge in [0.2, 0.25) is 0 Å². The Labute approximate surface area is 417 Å². The number of aliphatic carboxylic acids is 1. The summed E-state index contributed by atoms with van der Waals surface area (Å²) in [6, 6.07) is 22.4. The molecule has 8 atom stereocenters. The number of esters is 4. The number of nitrogens with one attached hydrogen (secondary N) is 1. The predicted molar refractivity (Wildman–Crippen MR) is 263 cm³/mol. The topological polar surface area (TPSA) is 215 Å². The zero-order chi connectivity index (χ0) is 52.2. The smallest absolute Gasteiger partial charge is 0.344 e. The van der Waals surface area contributed by atoms with Gasteiger partial charge in [0.1, 0.15) is 24.2 Å². The highest BCUT2D eigenvalue weighted by Gasteiger charge is 2.42. The van der Waals surface area contributed by atoms with Crippen LogP contribution in [-0.2, 0) is 76.6 Å². The number of ether oxygens (including phenoxy) is 4. The molecular weight excluding hydrogens is 913 g/mol. The van der Waals surface area contributed by atoms with Crippen LogP contribution < -0.4 is 5.32 Å². The van der Waals surface area contributed by atoms with Crippen LogP contribution >= 0.6 is 0 Å². The molecule has 0 saturated carbocycles. The van der Waals surface area contributed by atoms with Gasteiger partial charge < -0.3 is 44.1 Å². The molecule has 1 aliphatic heterocycles. The predicted octanol–water partition coefficient (Wildman–Crippen LogP) is 5.35. The number of carboxylic acid groups (broad SMARTS) is 1. The molecule has 1 fully saturated rings. The summed E-state index contributed by atoms with van der Waals surface area (Å²) in [5.41, 5.74) is 2.05. The highest BCUT2D eigenvalue weighted by atomic mass is 16.6. The lowest BCUT2D eigenvalue weighted by Gasteiger charge is -2.37. The summed E-state index contributed by atoms with van der Waals surface area (Å²) in [7, 11) is 4.43. The van der Waals surface area contributed by atoms with E-state index in [0.29, 0.717) is 30.4 Å². The summed E-state index contributed by atoms with van der Waals surface area (Å²) in [5.74, 6) is -6.99. The Balaban J connectivity index is 1.60. The quantitative estimate of drug-likeness (QED) is 0.0767. The van der Waals surface area contributed by atoms with Crippen molar-refractivity contribution in [1.82, 2.24) is 20.0 Å². The van der Waals surface area contributed by atoms with Crippen molar-refractivity contribution >= 4 is 47.6 Å². The van der Waals surface area contributed by atoms with Crippen molar-refractivity contribution in [3.8, 4) is 0 Å². The molecule has 3 amide bonds. The molecule has 17 nitrogen and oxygen atoms in total. The molecule has 1 heterocycles. The van der Waals surface area contributed by atoms with Gasteiger partial charge in [0.05, 0.1) is 0 Å². The lowest BCUT2D eigenvalue weighted by Crippen LogP contribution is -2.55. The fourth-order valence-electron chi connectivity index (χ4n) is 8.37. The number of piperidine rings is 1. The Hall–Kier alpha value is -6.62. The van der Waals surface area contributed by atoms with Gasteiger partial charge in [-0.15, -0.1) is 0 Å². The van der Waals surface area contributed by atoms with Crippen LogP contribution in [0.25, 0.3) is 0 Å². The highest BCUT2D eigenvalue weighted by molar-refractivity contribution is 5.93. The number of hydrogen-bond donors (Lipinski definition) is 2. The highest BCUT2D eigenvalue weighted by Crippen LogP contribution is 2.24. The maximum absolute atomic E-state index is 14.5. The second-order valence-corrected chi connectivity index (χ2v) is 18.5. The minimum absolute atomic E-state index is 0.0202. The molecule has 17 heteroatoms. The Kier molecular flexibility index (Phi) is 22.7. The third kappa shape index (κ3) is 17.0. The molecule has 2 N–H and O–H groups in total. The van der Waals surface area contributed by atoms with Crippen molar-refractivity contribution in [3.63, 3.8) is 0 Å². The monoisotopic (exact) mass is 985 g/mol. The number of carbonyl (C=O) groups excluding carboxylic acids is 7. The van der Waals surface area contributed by atoms with E-state index in [9.17, 15) is 43.5 Å². The SMILES string of the molecule is CCCC[C@H](NC)C(=O)O[C@H](Cc1ccccc1)C(=O)N(C)[C@@H](Cc1ccccc1)C(=O)O[C@H](C)C(=O)N(C)[C@@H](CC(C)C)C(=O)O[C@H](Cc1ccccc1)C(=O)N1CCCC[C@H]1C(=O)O[C@H](C)C(=O)O. The molecule has 0 spiro atoms. The number of nitrogens with zero attached hydrogens (tertiary/aromatic N) is 3. The zero-order valence-electron chi connectivity index (χ0n) is 42.3. The molecule has 0 radical (unpaired) electrons. The van der Waals surface area contributed by atoms with Crippen molar-refractivity contribution in [2.75, 3.05) is 27.7 Å². The van der Waals surface area contributed by atoms with Crippen molar-refractivity contribution in [2.24, 2.45) is 5.92 Å². The third-order valence-corrected chi connectivity index (χ3v) is 12.6. The van der Waals surface area contributed by atoms with E-state index < -0.39 is 96.2 Å². The van der Waals surface area contributed by atoms with E-state index in [-0.39, 0.29) is 44.6 Å². The van der Waals surface area contributed by atoms with Gasteiger partial charge in [0.25, 0.3) is 17.7 Å². The van der Waals surface area contributed by atoms with Gasteiger partial charge in [-0.1, -0.05) is 125 Å². The Morgan fingerprint density at radius 1 is 0.648 bits per heavy atom. The molecule has 3 aromatic rings. The van der Waals surface area contributed by atoms with Crippen molar-refractivity contribution in [2.45, 2.75) is 147 Å². The summed E-state index contributed by atoms with van der Waals surface area (Å²) < 4.78 is 23.0. The molecule has 0 aliphatic carbocycles. The van der Waals surface area contributed by atoms with Crippen molar-refractivity contribution < 1.29 is 62.4 Å². The average molecular weight is 985 g/mol. The maximum Gasteiger partial charge on any atom is 0.344 e. The fraction of sp³-hybridized carbons (Fsp3) is 0.519. The summed E-state index contributed by atoms with van der Waals surface area (Å²) in [4.78, 5) is 114. The van der Waals surface area contributed by atoms with Gasteiger partial charge in [-0.25, -0.2) is 19.2 Å². The van der Waals surface area contributed by atoms with E-state index >= 15 is 0 Å². The number of unbranched alkanes of at least 4 members (excludes halogenated alkanes) is 1. The normalized spacial score (nSPS) is 16.5. The first-order valence-electron chi connectivity index (χ1n) is 24.5. The molecule has 71 heavy (non-hydrogen) atoms. The number of likely N-dealkylation sites (tertiary alicyclic amines) is 1. The number of likely N-dealkylation sites (N-methyl/N-ethyl adjacent to an activating group) is 3. The number of carboxylic acids is 1. The molecule has 0 aromatic heterocycles. The number of amides is 3. The largest absolute Gasteiger partial charge is 0.479 e. The van der Waals surface area contributed by atoms with E-state index in [1.165, 1.54) is 37.7 Å². The van der Waals surface area contributed by atoms with Crippen LogP contribution in [-0.4, -0.2) is 144 Å². The molecule has 3 aromatic carbocycles. The number of carbonyl (C=O) groups is 8. The first-order chi connectivity index (χ1) is 33.9. The Morgan fingerprint density at radius 3 is 1.68 bits per heavy atom. The van der Waals surface area contributed by atoms with E-state index in [0.717, 1.165) is 23.3 Å². The maximum atomic E-state index is 14.5. The van der Waals surface area contributed by atoms with E-state index in [1.807, 2.05) is 26.8 Å². The molecule has 1 aliphatic rings. The number of benzene rings is 3. The molecule has 1 saturated heterocycles. The first-order valence-corrected chi connectivity index (χ1v) is 24.5. The summed E-state index contributed by atoms with van der Waals surface area (Å²) in [6.07, 6.45) is -2.31. The second kappa shape index (κ2) is 28.3. The average Bonchev–Trinajstić information content (AvgIpc) is 3.36. The summed E-state index contributed by atoms with van der Waals surface area (Å²) in [5, 5.41) is 12.4. The van der Waals surface area contributed by atoms with Gasteiger partial charge >= 0.3 is 29.8 Å². The number of hydrogen-bond acceptors (Lipinski definition) is 13. The van der Waals surface area contributed by atoms with Crippen LogP contribution in [0.2, 0.25) is 0 Å². The van der Waals surface area contributed by atoms with Gasteiger partial charge in [0, 0.05) is 39.9 Å². The minimum atomic E-state index is -1.49. The zero-order valence-corrected chi connectivity index (χ0v) is 42.3. The van der Waals surface area contributed by atoms with Crippen LogP contribution in [0.5, 0.6) is 0 Å². The van der Waals surface area contributed by atoms with Gasteiger partial charge in [0.15, 0.2) is 24.4 Å². The van der Waals surface area contributed by atoms with Gasteiger partial charge in [-0.05, 0) is 75.6 Å². The third-order valence-electron chi connectivity index (χ3n) is 12.6. The summed E-state index contributed by atoms with van der Waals surface area (Å²) >= 11 is 0. The van der Waals surface area contributed by atoms with Gasteiger partial charge in [-0.3, -0.25) is 19.2 Å². The van der Waals surface area contributed by atoms with Crippen LogP contribution in [0.3, 0.4) is 0 Å². The minimum Gasteiger partial charge on any atom is -0.479 e. The van der Waals surface area contributed by atoms with Crippen LogP contribution in [0.4, 0.5) is 0 Å². The molecule has 386 valence electrons. The first kappa shape index (κ1) is 57.0.